The van der Waals surface area contributed by atoms with Crippen LogP contribution in [0.3, 0.4) is 0 Å². The van der Waals surface area contributed by atoms with Crippen LogP contribution in [-0.4, -0.2) is 11.1 Å². The molecule has 2 nitrogen and oxygen atoms in total. The van der Waals surface area contributed by atoms with Gasteiger partial charge in [0.2, 0.25) is 0 Å². The van der Waals surface area contributed by atoms with E-state index >= 15 is 0 Å². The number of rotatable bonds is 2. The number of hydrogen-bond acceptors (Lipinski definition) is 2. The molecule has 0 saturated carbocycles. The zero-order valence-electron chi connectivity index (χ0n) is 7.47. The predicted octanol–water partition coefficient (Wildman–Crippen LogP) is 2.11. The van der Waals surface area contributed by atoms with Crippen LogP contribution in [0.4, 0.5) is 8.78 Å². The Hall–Kier alpha value is -0.520. The molecule has 1 aromatic rings. The second-order valence-corrected chi connectivity index (χ2v) is 3.92. The largest absolute Gasteiger partial charge is 0.387 e. The maximum Gasteiger partial charge on any atom is 0.173 e. The molecule has 1 aromatic carbocycles. The van der Waals surface area contributed by atoms with Crippen LogP contribution in [0.1, 0.15) is 18.6 Å². The van der Waals surface area contributed by atoms with Gasteiger partial charge in [-0.15, -0.1) is 0 Å². The number of aliphatic hydroxyl groups is 1. The molecule has 0 aliphatic rings. The van der Waals surface area contributed by atoms with E-state index in [-0.39, 0.29) is 10.0 Å². The maximum absolute atomic E-state index is 13.3. The fourth-order valence-corrected chi connectivity index (χ4v) is 1.36. The summed E-state index contributed by atoms with van der Waals surface area (Å²) in [7, 11) is 0. The van der Waals surface area contributed by atoms with Gasteiger partial charge in [-0.3, -0.25) is 0 Å². The summed E-state index contributed by atoms with van der Waals surface area (Å²) in [5.41, 5.74) is 5.25. The molecule has 0 aliphatic carbocycles. The van der Waals surface area contributed by atoms with Gasteiger partial charge in [-0.25, -0.2) is 8.78 Å². The summed E-state index contributed by atoms with van der Waals surface area (Å²) >= 11 is 2.84. The second kappa shape index (κ2) is 4.33. The van der Waals surface area contributed by atoms with E-state index in [2.05, 4.69) is 15.9 Å². The normalized spacial score (nSPS) is 15.3. The highest BCUT2D eigenvalue weighted by Gasteiger charge is 2.20. The zero-order valence-corrected chi connectivity index (χ0v) is 9.05. The van der Waals surface area contributed by atoms with Crippen LogP contribution in [0.2, 0.25) is 0 Å². The van der Waals surface area contributed by atoms with E-state index in [4.69, 9.17) is 5.73 Å². The van der Waals surface area contributed by atoms with Crippen molar-refractivity contribution < 1.29 is 13.9 Å². The first kappa shape index (κ1) is 11.6. The maximum atomic E-state index is 13.3. The van der Waals surface area contributed by atoms with E-state index in [1.807, 2.05) is 0 Å². The molecule has 5 heteroatoms. The van der Waals surface area contributed by atoms with Gasteiger partial charge in [-0.2, -0.15) is 0 Å². The summed E-state index contributed by atoms with van der Waals surface area (Å²) in [6.07, 6.45) is -1.20. The predicted molar refractivity (Wildman–Crippen MR) is 52.7 cm³/mol. The smallest absolute Gasteiger partial charge is 0.173 e. The van der Waals surface area contributed by atoms with Gasteiger partial charge >= 0.3 is 0 Å². The summed E-state index contributed by atoms with van der Waals surface area (Å²) in [6, 6.07) is 1.99. The van der Waals surface area contributed by atoms with Gasteiger partial charge in [0.25, 0.3) is 0 Å². The van der Waals surface area contributed by atoms with Crippen LogP contribution in [0.25, 0.3) is 0 Å². The second-order valence-electron chi connectivity index (χ2n) is 3.07. The van der Waals surface area contributed by atoms with E-state index in [1.54, 1.807) is 0 Å². The molecule has 0 unspecified atom stereocenters. The molecule has 0 saturated heterocycles. The SMILES string of the molecule is C[C@@H](N)[C@@H](O)c1ccc(Br)c(F)c1F. The number of benzene rings is 1. The van der Waals surface area contributed by atoms with Crippen molar-refractivity contribution in [2.75, 3.05) is 0 Å². The Morgan fingerprint density at radius 1 is 1.36 bits per heavy atom. The van der Waals surface area contributed by atoms with Crippen molar-refractivity contribution in [3.05, 3.63) is 33.8 Å². The highest BCUT2D eigenvalue weighted by atomic mass is 79.9. The van der Waals surface area contributed by atoms with Crippen LogP contribution in [0, 0.1) is 11.6 Å². The fraction of sp³-hybridized carbons (Fsp3) is 0.333. The van der Waals surface area contributed by atoms with Crippen LogP contribution < -0.4 is 5.73 Å². The number of hydrogen-bond donors (Lipinski definition) is 2. The van der Waals surface area contributed by atoms with E-state index in [0.717, 1.165) is 0 Å². The molecular formula is C9H10BrF2NO. The summed E-state index contributed by atoms with van der Waals surface area (Å²) in [5.74, 6) is -2.08. The highest BCUT2D eigenvalue weighted by molar-refractivity contribution is 9.10. The van der Waals surface area contributed by atoms with Crippen LogP contribution >= 0.6 is 15.9 Å². The lowest BCUT2D eigenvalue weighted by Crippen LogP contribution is -2.25. The Labute approximate surface area is 88.9 Å². The Balaban J connectivity index is 3.17. The Morgan fingerprint density at radius 2 is 1.93 bits per heavy atom. The van der Waals surface area contributed by atoms with Gasteiger partial charge in [0.1, 0.15) is 0 Å². The molecule has 0 spiro atoms. The van der Waals surface area contributed by atoms with E-state index in [9.17, 15) is 13.9 Å². The Morgan fingerprint density at radius 3 is 2.43 bits per heavy atom. The topological polar surface area (TPSA) is 46.2 Å². The standard InChI is InChI=1S/C9H10BrF2NO/c1-4(13)9(14)5-2-3-6(10)8(12)7(5)11/h2-4,9,14H,13H2,1H3/t4-,9-/m1/s1. The lowest BCUT2D eigenvalue weighted by molar-refractivity contribution is 0.148. The number of aliphatic hydroxyl groups excluding tert-OH is 1. The van der Waals surface area contributed by atoms with E-state index in [0.29, 0.717) is 0 Å². The van der Waals surface area contributed by atoms with Gasteiger partial charge in [0, 0.05) is 11.6 Å². The van der Waals surface area contributed by atoms with Gasteiger partial charge in [0.15, 0.2) is 11.6 Å². The Bertz CT molecular complexity index is 344. The zero-order chi connectivity index (χ0) is 10.9. The average molecular weight is 266 g/mol. The molecule has 0 amide bonds. The third kappa shape index (κ3) is 2.10. The summed E-state index contributed by atoms with van der Waals surface area (Å²) < 4.78 is 26.3. The minimum absolute atomic E-state index is 0.0237. The first-order chi connectivity index (χ1) is 6.45. The molecule has 0 radical (unpaired) electrons. The average Bonchev–Trinajstić information content (AvgIpc) is 2.13. The van der Waals surface area contributed by atoms with Crippen molar-refractivity contribution in [1.29, 1.82) is 0 Å². The van der Waals surface area contributed by atoms with Crippen molar-refractivity contribution in [2.45, 2.75) is 19.1 Å². The summed E-state index contributed by atoms with van der Waals surface area (Å²) in [6.45, 7) is 1.52. The van der Waals surface area contributed by atoms with E-state index < -0.39 is 23.8 Å². The third-order valence-electron chi connectivity index (χ3n) is 1.88. The van der Waals surface area contributed by atoms with Crippen LogP contribution in [-0.2, 0) is 0 Å². The minimum atomic E-state index is -1.20. The van der Waals surface area contributed by atoms with Crippen LogP contribution in [0.5, 0.6) is 0 Å². The number of halogens is 3. The number of nitrogens with two attached hydrogens (primary N) is 1. The fourth-order valence-electron chi connectivity index (χ4n) is 1.05. The van der Waals surface area contributed by atoms with Gasteiger partial charge in [-0.1, -0.05) is 6.07 Å². The summed E-state index contributed by atoms with van der Waals surface area (Å²) in [4.78, 5) is 0. The molecule has 0 fully saturated rings. The Kier molecular flexibility index (Phi) is 3.58. The molecule has 2 atom stereocenters. The third-order valence-corrected chi connectivity index (χ3v) is 2.49. The quantitative estimate of drug-likeness (QED) is 0.805. The molecule has 78 valence electrons. The monoisotopic (exact) mass is 265 g/mol. The molecule has 1 rings (SSSR count). The minimum Gasteiger partial charge on any atom is -0.387 e. The lowest BCUT2D eigenvalue weighted by Gasteiger charge is -2.15. The first-order valence-corrected chi connectivity index (χ1v) is 4.81. The van der Waals surface area contributed by atoms with Crippen LogP contribution in [0.15, 0.2) is 16.6 Å². The molecule has 14 heavy (non-hydrogen) atoms. The van der Waals surface area contributed by atoms with Crippen molar-refractivity contribution in [3.8, 4) is 0 Å². The molecule has 0 aromatic heterocycles. The molecular weight excluding hydrogens is 256 g/mol. The lowest BCUT2D eigenvalue weighted by atomic mass is 10.0. The van der Waals surface area contributed by atoms with Gasteiger partial charge in [0.05, 0.1) is 10.6 Å². The van der Waals surface area contributed by atoms with Crippen molar-refractivity contribution in [3.63, 3.8) is 0 Å². The molecule has 0 heterocycles. The van der Waals surface area contributed by atoms with Gasteiger partial charge in [-0.05, 0) is 28.9 Å². The van der Waals surface area contributed by atoms with E-state index in [1.165, 1.54) is 19.1 Å². The molecule has 3 N–H and O–H groups in total. The van der Waals surface area contributed by atoms with Crippen molar-refractivity contribution in [1.82, 2.24) is 0 Å². The van der Waals surface area contributed by atoms with Crippen molar-refractivity contribution >= 4 is 15.9 Å². The first-order valence-electron chi connectivity index (χ1n) is 4.02. The summed E-state index contributed by atoms with van der Waals surface area (Å²) in [5, 5.41) is 9.45. The van der Waals surface area contributed by atoms with Gasteiger partial charge < -0.3 is 10.8 Å². The molecule has 0 bridgehead atoms. The molecule has 0 aliphatic heterocycles. The van der Waals surface area contributed by atoms with Crippen molar-refractivity contribution in [2.24, 2.45) is 5.73 Å². The highest BCUT2D eigenvalue weighted by Crippen LogP contribution is 2.26.